The zero-order chi connectivity index (χ0) is 19.1. The van der Waals surface area contributed by atoms with Crippen LogP contribution in [0.15, 0.2) is 53.4 Å². The van der Waals surface area contributed by atoms with Crippen molar-refractivity contribution in [3.05, 3.63) is 59.9 Å². The van der Waals surface area contributed by atoms with Crippen molar-refractivity contribution in [3.63, 3.8) is 0 Å². The fourth-order valence-electron chi connectivity index (χ4n) is 3.17. The van der Waals surface area contributed by atoms with Crippen molar-refractivity contribution in [2.75, 3.05) is 39.0 Å². The van der Waals surface area contributed by atoms with Gasteiger partial charge in [0.25, 0.3) is 0 Å². The minimum Gasteiger partial charge on any atom is -0.497 e. The number of carbonyl (C=O) groups is 1. The predicted molar refractivity (Wildman–Crippen MR) is 107 cm³/mol. The molecule has 0 N–H and O–H groups in total. The Labute approximate surface area is 164 Å². The second kappa shape index (κ2) is 9.76. The van der Waals surface area contributed by atoms with E-state index in [-0.39, 0.29) is 11.7 Å². The summed E-state index contributed by atoms with van der Waals surface area (Å²) in [5.41, 5.74) is 0.714. The van der Waals surface area contributed by atoms with Crippen LogP contribution >= 0.6 is 11.8 Å². The molecule has 0 aliphatic carbocycles. The van der Waals surface area contributed by atoms with Gasteiger partial charge in [-0.25, -0.2) is 4.39 Å². The number of ether oxygens (including phenoxy) is 1. The highest BCUT2D eigenvalue weighted by Gasteiger charge is 2.20. The number of nitrogens with zero attached hydrogens (tertiary/aromatic N) is 2. The number of halogens is 1. The molecule has 27 heavy (non-hydrogen) atoms. The number of hydrogen-bond donors (Lipinski definition) is 0. The summed E-state index contributed by atoms with van der Waals surface area (Å²) in [6.45, 7) is 3.68. The number of thioether (sulfide) groups is 1. The molecule has 3 rings (SSSR count). The quantitative estimate of drug-likeness (QED) is 0.707. The van der Waals surface area contributed by atoms with Crippen LogP contribution in [0.1, 0.15) is 12.0 Å². The van der Waals surface area contributed by atoms with Crippen LogP contribution in [0.25, 0.3) is 0 Å². The van der Waals surface area contributed by atoms with Gasteiger partial charge in [0.05, 0.1) is 12.9 Å². The first kappa shape index (κ1) is 19.7. The molecular formula is C21H25FN2O2S. The Hall–Kier alpha value is -2.05. The summed E-state index contributed by atoms with van der Waals surface area (Å²) in [4.78, 5) is 17.8. The van der Waals surface area contributed by atoms with Gasteiger partial charge in [-0.05, 0) is 30.7 Å². The van der Waals surface area contributed by atoms with E-state index in [2.05, 4.69) is 4.90 Å². The number of methoxy groups -OCH3 is 1. The lowest BCUT2D eigenvalue weighted by atomic mass is 10.2. The second-order valence-electron chi connectivity index (χ2n) is 6.57. The molecule has 0 atom stereocenters. The molecule has 6 heteroatoms. The fourth-order valence-corrected chi connectivity index (χ4v) is 4.02. The van der Waals surface area contributed by atoms with Gasteiger partial charge in [-0.1, -0.05) is 24.3 Å². The van der Waals surface area contributed by atoms with Gasteiger partial charge in [-0.3, -0.25) is 9.69 Å². The van der Waals surface area contributed by atoms with Gasteiger partial charge in [0.15, 0.2) is 0 Å². The number of amides is 1. The summed E-state index contributed by atoms with van der Waals surface area (Å²) in [7, 11) is 1.64. The van der Waals surface area contributed by atoms with Gasteiger partial charge >= 0.3 is 0 Å². The van der Waals surface area contributed by atoms with E-state index in [4.69, 9.17) is 4.74 Å². The molecule has 0 unspecified atom stereocenters. The summed E-state index contributed by atoms with van der Waals surface area (Å²) in [6.07, 6.45) is 0.907. The number of rotatable bonds is 6. The molecule has 4 nitrogen and oxygen atoms in total. The number of hydrogen-bond acceptors (Lipinski definition) is 4. The number of carbonyl (C=O) groups excluding carboxylic acids is 1. The average molecular weight is 389 g/mol. The van der Waals surface area contributed by atoms with Gasteiger partial charge in [0.2, 0.25) is 5.91 Å². The molecule has 1 amide bonds. The Bertz CT molecular complexity index is 771. The van der Waals surface area contributed by atoms with Crippen molar-refractivity contribution in [2.45, 2.75) is 17.9 Å². The molecule has 0 spiro atoms. The first-order chi connectivity index (χ1) is 13.2. The van der Waals surface area contributed by atoms with E-state index in [0.717, 1.165) is 36.7 Å². The van der Waals surface area contributed by atoms with Crippen molar-refractivity contribution in [1.29, 1.82) is 0 Å². The lowest BCUT2D eigenvalue weighted by Crippen LogP contribution is -2.36. The van der Waals surface area contributed by atoms with Crippen molar-refractivity contribution in [1.82, 2.24) is 9.80 Å². The average Bonchev–Trinajstić information content (AvgIpc) is 2.94. The Morgan fingerprint density at radius 2 is 1.96 bits per heavy atom. The molecule has 0 saturated carbocycles. The maximum atomic E-state index is 13.9. The maximum Gasteiger partial charge on any atom is 0.232 e. The van der Waals surface area contributed by atoms with E-state index in [1.165, 1.54) is 17.8 Å². The monoisotopic (exact) mass is 388 g/mol. The third kappa shape index (κ3) is 5.71. The van der Waals surface area contributed by atoms with Crippen LogP contribution in [0.2, 0.25) is 0 Å². The predicted octanol–water partition coefficient (Wildman–Crippen LogP) is 3.66. The Morgan fingerprint density at radius 1 is 1.11 bits per heavy atom. The largest absolute Gasteiger partial charge is 0.497 e. The van der Waals surface area contributed by atoms with Crippen LogP contribution in [-0.2, 0) is 11.3 Å². The standard InChI is InChI=1S/C21H25FN2O2S/c1-26-18-7-4-8-19(14-18)27-16-21(25)24-11-5-10-23(12-13-24)15-17-6-2-3-9-20(17)22/h2-4,6-9,14H,5,10-13,15-16H2,1H3. The van der Waals surface area contributed by atoms with Crippen LogP contribution in [0.5, 0.6) is 5.75 Å². The smallest absolute Gasteiger partial charge is 0.232 e. The normalized spacial score (nSPS) is 15.4. The van der Waals surface area contributed by atoms with Gasteiger partial charge in [0.1, 0.15) is 11.6 Å². The van der Waals surface area contributed by atoms with Gasteiger partial charge in [0, 0.05) is 43.2 Å². The fraction of sp³-hybridized carbons (Fsp3) is 0.381. The summed E-state index contributed by atoms with van der Waals surface area (Å²) < 4.78 is 19.1. The van der Waals surface area contributed by atoms with Crippen LogP contribution in [0.3, 0.4) is 0 Å². The molecule has 1 saturated heterocycles. The van der Waals surface area contributed by atoms with Crippen molar-refractivity contribution < 1.29 is 13.9 Å². The van der Waals surface area contributed by atoms with Crippen molar-refractivity contribution in [3.8, 4) is 5.75 Å². The molecule has 2 aromatic rings. The maximum absolute atomic E-state index is 13.9. The van der Waals surface area contributed by atoms with E-state index < -0.39 is 0 Å². The zero-order valence-corrected chi connectivity index (χ0v) is 16.4. The molecule has 144 valence electrons. The van der Waals surface area contributed by atoms with Crippen LogP contribution < -0.4 is 4.74 Å². The van der Waals surface area contributed by atoms with E-state index in [0.29, 0.717) is 24.4 Å². The highest BCUT2D eigenvalue weighted by molar-refractivity contribution is 8.00. The Balaban J connectivity index is 1.49. The lowest BCUT2D eigenvalue weighted by Gasteiger charge is -2.22. The second-order valence-corrected chi connectivity index (χ2v) is 7.62. The first-order valence-electron chi connectivity index (χ1n) is 9.16. The van der Waals surface area contributed by atoms with E-state index in [1.807, 2.05) is 41.3 Å². The third-order valence-electron chi connectivity index (χ3n) is 4.70. The van der Waals surface area contributed by atoms with Crippen molar-refractivity contribution in [2.24, 2.45) is 0 Å². The minimum absolute atomic E-state index is 0.149. The van der Waals surface area contributed by atoms with E-state index >= 15 is 0 Å². The molecule has 0 bridgehead atoms. The van der Waals surface area contributed by atoms with E-state index in [9.17, 15) is 9.18 Å². The minimum atomic E-state index is -0.163. The molecule has 1 heterocycles. The van der Waals surface area contributed by atoms with E-state index in [1.54, 1.807) is 13.2 Å². The lowest BCUT2D eigenvalue weighted by molar-refractivity contribution is -0.128. The Kier molecular flexibility index (Phi) is 7.12. The van der Waals surface area contributed by atoms with Crippen molar-refractivity contribution >= 4 is 17.7 Å². The molecule has 0 radical (unpaired) electrons. The highest BCUT2D eigenvalue weighted by Crippen LogP contribution is 2.23. The topological polar surface area (TPSA) is 32.8 Å². The molecule has 1 aliphatic heterocycles. The summed E-state index contributed by atoms with van der Waals surface area (Å²) in [5, 5.41) is 0. The molecule has 1 aliphatic rings. The van der Waals surface area contributed by atoms with Crippen LogP contribution in [-0.4, -0.2) is 54.7 Å². The zero-order valence-electron chi connectivity index (χ0n) is 15.6. The van der Waals surface area contributed by atoms with Gasteiger partial charge < -0.3 is 9.64 Å². The van der Waals surface area contributed by atoms with Crippen LogP contribution in [0.4, 0.5) is 4.39 Å². The summed E-state index contributed by atoms with van der Waals surface area (Å²) in [6, 6.07) is 14.6. The SMILES string of the molecule is COc1cccc(SCC(=O)N2CCCN(Cc3ccccc3F)CC2)c1. The molecule has 2 aromatic carbocycles. The van der Waals surface area contributed by atoms with Gasteiger partial charge in [-0.2, -0.15) is 0 Å². The summed E-state index contributed by atoms with van der Waals surface area (Å²) in [5.74, 6) is 1.20. The van der Waals surface area contributed by atoms with Crippen LogP contribution in [0, 0.1) is 5.82 Å². The first-order valence-corrected chi connectivity index (χ1v) is 10.1. The molecule has 1 fully saturated rings. The highest BCUT2D eigenvalue weighted by atomic mass is 32.2. The molecular weight excluding hydrogens is 363 g/mol. The third-order valence-corrected chi connectivity index (χ3v) is 5.68. The Morgan fingerprint density at radius 3 is 2.78 bits per heavy atom. The van der Waals surface area contributed by atoms with Gasteiger partial charge in [-0.15, -0.1) is 11.8 Å². The molecule has 0 aromatic heterocycles. The summed E-state index contributed by atoms with van der Waals surface area (Å²) >= 11 is 1.53. The number of benzene rings is 2.